The lowest BCUT2D eigenvalue weighted by atomic mass is 10.0. The van der Waals surface area contributed by atoms with Crippen molar-refractivity contribution in [1.29, 1.82) is 0 Å². The van der Waals surface area contributed by atoms with Crippen molar-refractivity contribution in [2.45, 2.75) is 13.3 Å². The Kier molecular flexibility index (Phi) is 4.41. The molecule has 0 atom stereocenters. The third-order valence-corrected chi connectivity index (χ3v) is 3.25. The van der Waals surface area contributed by atoms with Gasteiger partial charge in [-0.1, -0.05) is 31.2 Å². The van der Waals surface area contributed by atoms with E-state index in [2.05, 4.69) is 0 Å². The molecular weight excluding hydrogens is 252 g/mol. The minimum absolute atomic E-state index is 0.151. The van der Waals surface area contributed by atoms with Gasteiger partial charge in [0.05, 0.1) is 14.2 Å². The van der Waals surface area contributed by atoms with Gasteiger partial charge < -0.3 is 9.47 Å². The van der Waals surface area contributed by atoms with Crippen LogP contribution < -0.4 is 9.47 Å². The van der Waals surface area contributed by atoms with Crippen LogP contribution in [0, 0.1) is 0 Å². The highest BCUT2D eigenvalue weighted by atomic mass is 16.5. The molecule has 3 heteroatoms. The molecule has 0 aliphatic heterocycles. The summed E-state index contributed by atoms with van der Waals surface area (Å²) in [6, 6.07) is 13.3. The molecule has 0 amide bonds. The molecule has 0 unspecified atom stereocenters. The third kappa shape index (κ3) is 2.82. The van der Waals surface area contributed by atoms with Gasteiger partial charge in [-0.15, -0.1) is 0 Å². The van der Waals surface area contributed by atoms with Crippen LogP contribution in [0.1, 0.15) is 23.7 Å². The fraction of sp³-hybridized carbons (Fsp3) is 0.235. The van der Waals surface area contributed by atoms with E-state index in [9.17, 15) is 4.79 Å². The van der Waals surface area contributed by atoms with Crippen LogP contribution >= 0.6 is 0 Å². The SMILES string of the molecule is CCC(=O)c1ccc(-c2ccc(OC)cc2OC)cc1. The van der Waals surface area contributed by atoms with Gasteiger partial charge in [-0.25, -0.2) is 0 Å². The molecule has 2 aromatic carbocycles. The standard InChI is InChI=1S/C17H18O3/c1-4-16(18)13-7-5-12(6-8-13)15-10-9-14(19-2)11-17(15)20-3/h5-11H,4H2,1-3H3. The van der Waals surface area contributed by atoms with E-state index < -0.39 is 0 Å². The van der Waals surface area contributed by atoms with Gasteiger partial charge in [-0.2, -0.15) is 0 Å². The number of carbonyl (C=O) groups is 1. The Morgan fingerprint density at radius 2 is 1.70 bits per heavy atom. The molecule has 0 radical (unpaired) electrons. The summed E-state index contributed by atoms with van der Waals surface area (Å²) in [6.45, 7) is 1.86. The maximum absolute atomic E-state index is 11.6. The molecule has 0 aromatic heterocycles. The summed E-state index contributed by atoms with van der Waals surface area (Å²) in [5.41, 5.74) is 2.73. The molecule has 2 aromatic rings. The topological polar surface area (TPSA) is 35.5 Å². The average molecular weight is 270 g/mol. The van der Waals surface area contributed by atoms with Crippen LogP contribution in [0.2, 0.25) is 0 Å². The molecule has 0 aliphatic rings. The highest BCUT2D eigenvalue weighted by Crippen LogP contribution is 2.33. The van der Waals surface area contributed by atoms with E-state index in [0.717, 1.165) is 28.2 Å². The summed E-state index contributed by atoms with van der Waals surface area (Å²) in [5, 5.41) is 0. The summed E-state index contributed by atoms with van der Waals surface area (Å²) in [6.07, 6.45) is 0.519. The zero-order valence-corrected chi connectivity index (χ0v) is 12.0. The highest BCUT2D eigenvalue weighted by Gasteiger charge is 2.09. The number of hydrogen-bond acceptors (Lipinski definition) is 3. The number of benzene rings is 2. The molecule has 0 fully saturated rings. The Labute approximate surface area is 119 Å². The minimum atomic E-state index is 0.151. The molecule has 0 bridgehead atoms. The normalized spacial score (nSPS) is 10.2. The van der Waals surface area contributed by atoms with E-state index in [4.69, 9.17) is 9.47 Å². The largest absolute Gasteiger partial charge is 0.497 e. The quantitative estimate of drug-likeness (QED) is 0.771. The Bertz CT molecular complexity index is 600. The van der Waals surface area contributed by atoms with Gasteiger partial charge in [0.1, 0.15) is 11.5 Å². The van der Waals surface area contributed by atoms with E-state index >= 15 is 0 Å². The van der Waals surface area contributed by atoms with Crippen molar-refractivity contribution in [3.8, 4) is 22.6 Å². The number of hydrogen-bond donors (Lipinski definition) is 0. The first kappa shape index (κ1) is 14.1. The maximum Gasteiger partial charge on any atom is 0.162 e. The van der Waals surface area contributed by atoms with Crippen molar-refractivity contribution < 1.29 is 14.3 Å². The lowest BCUT2D eigenvalue weighted by molar-refractivity contribution is 0.0988. The first-order valence-electron chi connectivity index (χ1n) is 6.55. The van der Waals surface area contributed by atoms with Gasteiger partial charge in [-0.05, 0) is 17.7 Å². The van der Waals surface area contributed by atoms with Gasteiger partial charge in [0.2, 0.25) is 0 Å². The van der Waals surface area contributed by atoms with Crippen LogP contribution in [0.25, 0.3) is 11.1 Å². The van der Waals surface area contributed by atoms with Crippen molar-refractivity contribution in [3.63, 3.8) is 0 Å². The Hall–Kier alpha value is -2.29. The maximum atomic E-state index is 11.6. The van der Waals surface area contributed by atoms with Crippen molar-refractivity contribution in [1.82, 2.24) is 0 Å². The lowest BCUT2D eigenvalue weighted by Crippen LogP contribution is -1.96. The molecule has 104 valence electrons. The van der Waals surface area contributed by atoms with E-state index in [1.807, 2.05) is 49.4 Å². The van der Waals surface area contributed by atoms with Gasteiger partial charge in [0, 0.05) is 23.6 Å². The number of methoxy groups -OCH3 is 2. The van der Waals surface area contributed by atoms with Crippen LogP contribution in [0.3, 0.4) is 0 Å². The van der Waals surface area contributed by atoms with Crippen molar-refractivity contribution in [3.05, 3.63) is 48.0 Å². The summed E-state index contributed by atoms with van der Waals surface area (Å²) < 4.78 is 10.6. The fourth-order valence-electron chi connectivity index (χ4n) is 2.08. The van der Waals surface area contributed by atoms with Crippen LogP contribution in [0.5, 0.6) is 11.5 Å². The van der Waals surface area contributed by atoms with Gasteiger partial charge in [0.15, 0.2) is 5.78 Å². The second kappa shape index (κ2) is 6.24. The van der Waals surface area contributed by atoms with Gasteiger partial charge in [-0.3, -0.25) is 4.79 Å². The van der Waals surface area contributed by atoms with E-state index in [1.54, 1.807) is 14.2 Å². The number of carbonyl (C=O) groups excluding carboxylic acids is 1. The molecule has 0 saturated heterocycles. The molecule has 0 spiro atoms. The molecule has 20 heavy (non-hydrogen) atoms. The Morgan fingerprint density at radius 1 is 1.00 bits per heavy atom. The van der Waals surface area contributed by atoms with Crippen LogP contribution in [-0.4, -0.2) is 20.0 Å². The first-order valence-corrected chi connectivity index (χ1v) is 6.55. The molecule has 0 N–H and O–H groups in total. The summed E-state index contributed by atoms with van der Waals surface area (Å²) in [7, 11) is 3.26. The third-order valence-electron chi connectivity index (χ3n) is 3.25. The number of rotatable bonds is 5. The molecule has 0 heterocycles. The smallest absolute Gasteiger partial charge is 0.162 e. The number of Topliss-reactive ketones (excluding diaryl/α,β-unsaturated/α-hetero) is 1. The Balaban J connectivity index is 2.38. The van der Waals surface area contributed by atoms with Crippen molar-refractivity contribution in [2.75, 3.05) is 14.2 Å². The first-order chi connectivity index (χ1) is 9.69. The fourth-order valence-corrected chi connectivity index (χ4v) is 2.08. The van der Waals surface area contributed by atoms with Crippen molar-refractivity contribution >= 4 is 5.78 Å². The van der Waals surface area contributed by atoms with Crippen LogP contribution in [0.4, 0.5) is 0 Å². The zero-order valence-electron chi connectivity index (χ0n) is 12.0. The zero-order chi connectivity index (χ0) is 14.5. The number of ether oxygens (including phenoxy) is 2. The second-order valence-corrected chi connectivity index (χ2v) is 4.42. The average Bonchev–Trinajstić information content (AvgIpc) is 2.53. The predicted molar refractivity (Wildman–Crippen MR) is 79.6 cm³/mol. The summed E-state index contributed by atoms with van der Waals surface area (Å²) >= 11 is 0. The van der Waals surface area contributed by atoms with E-state index in [1.165, 1.54) is 0 Å². The molecule has 0 saturated carbocycles. The molecular formula is C17H18O3. The molecule has 3 nitrogen and oxygen atoms in total. The highest BCUT2D eigenvalue weighted by molar-refractivity contribution is 5.96. The molecule has 0 aliphatic carbocycles. The van der Waals surface area contributed by atoms with Crippen molar-refractivity contribution in [2.24, 2.45) is 0 Å². The molecule has 2 rings (SSSR count). The van der Waals surface area contributed by atoms with Crippen LogP contribution in [0.15, 0.2) is 42.5 Å². The Morgan fingerprint density at radius 3 is 2.25 bits per heavy atom. The predicted octanol–water partition coefficient (Wildman–Crippen LogP) is 3.96. The second-order valence-electron chi connectivity index (χ2n) is 4.42. The summed E-state index contributed by atoms with van der Waals surface area (Å²) in [5.74, 6) is 1.65. The van der Waals surface area contributed by atoms with E-state index in [0.29, 0.717) is 6.42 Å². The summed E-state index contributed by atoms with van der Waals surface area (Å²) in [4.78, 5) is 11.6. The van der Waals surface area contributed by atoms with E-state index in [-0.39, 0.29) is 5.78 Å². The monoisotopic (exact) mass is 270 g/mol. The van der Waals surface area contributed by atoms with Crippen LogP contribution in [-0.2, 0) is 0 Å². The number of ketones is 1. The van der Waals surface area contributed by atoms with Gasteiger partial charge >= 0.3 is 0 Å². The van der Waals surface area contributed by atoms with Gasteiger partial charge in [0.25, 0.3) is 0 Å². The lowest BCUT2D eigenvalue weighted by Gasteiger charge is -2.11. The minimum Gasteiger partial charge on any atom is -0.497 e.